The maximum absolute atomic E-state index is 12.7. The van der Waals surface area contributed by atoms with Gasteiger partial charge in [0.25, 0.3) is 5.91 Å². The molecule has 0 aromatic heterocycles. The van der Waals surface area contributed by atoms with Crippen LogP contribution in [-0.2, 0) is 23.9 Å². The van der Waals surface area contributed by atoms with Crippen LogP contribution in [0.2, 0.25) is 5.02 Å². The summed E-state index contributed by atoms with van der Waals surface area (Å²) in [5.74, 6) is -1.87. The van der Waals surface area contributed by atoms with E-state index in [2.05, 4.69) is 5.32 Å². The van der Waals surface area contributed by atoms with Crippen molar-refractivity contribution in [2.45, 2.75) is 32.2 Å². The molecule has 1 heterocycles. The van der Waals surface area contributed by atoms with Crippen molar-refractivity contribution in [2.75, 3.05) is 11.9 Å². The molecule has 148 valence electrons. The summed E-state index contributed by atoms with van der Waals surface area (Å²) < 4.78 is 5.04. The molecule has 1 N–H and O–H groups in total. The van der Waals surface area contributed by atoms with Crippen molar-refractivity contribution in [1.29, 1.82) is 0 Å². The molecule has 7 nitrogen and oxygen atoms in total. The smallest absolute Gasteiger partial charge is 0.329 e. The molecule has 0 unspecified atom stereocenters. The minimum atomic E-state index is -1.03. The van der Waals surface area contributed by atoms with Crippen LogP contribution in [0.25, 0.3) is 0 Å². The second-order valence-electron chi connectivity index (χ2n) is 7.77. The van der Waals surface area contributed by atoms with Crippen molar-refractivity contribution in [2.24, 2.45) is 23.7 Å². The number of halogens is 1. The molecule has 4 rings (SSSR count). The molecule has 3 aliphatic rings. The number of carbonyl (C=O) groups excluding carboxylic acids is 4. The minimum Gasteiger partial charge on any atom is -0.454 e. The molecule has 3 fully saturated rings. The number of carbonyl (C=O) groups is 4. The molecule has 1 aromatic rings. The van der Waals surface area contributed by atoms with Gasteiger partial charge in [-0.25, -0.2) is 4.79 Å². The molecule has 8 heteroatoms. The van der Waals surface area contributed by atoms with E-state index >= 15 is 0 Å². The first-order chi connectivity index (χ1) is 13.4. The van der Waals surface area contributed by atoms with E-state index in [1.54, 1.807) is 24.3 Å². The van der Waals surface area contributed by atoms with Crippen LogP contribution < -0.4 is 5.32 Å². The molecule has 1 aromatic carbocycles. The fourth-order valence-corrected chi connectivity index (χ4v) is 5.03. The standard InChI is InChI=1S/C20H21ClN2O5/c1-10(20(27)28-9-15(24)22-14-6-4-13(21)5-7-14)23-18(25)16-11-2-3-12(8-11)17(16)19(23)26/h4-7,10-12,16-17H,2-3,8-9H2,1H3,(H,22,24)/t10-,11+,12+,16+,17+/m1/s1. The Morgan fingerprint density at radius 1 is 1.14 bits per heavy atom. The van der Waals surface area contributed by atoms with Crippen LogP contribution in [0, 0.1) is 23.7 Å². The number of hydrogen-bond acceptors (Lipinski definition) is 5. The van der Waals surface area contributed by atoms with Crippen molar-refractivity contribution in [3.8, 4) is 0 Å². The predicted octanol–water partition coefficient (Wildman–Crippen LogP) is 2.24. The number of amides is 3. The average Bonchev–Trinajstić information content (AvgIpc) is 3.35. The van der Waals surface area contributed by atoms with Gasteiger partial charge in [-0.2, -0.15) is 0 Å². The van der Waals surface area contributed by atoms with Crippen LogP contribution in [0.4, 0.5) is 5.69 Å². The summed E-state index contributed by atoms with van der Waals surface area (Å²) in [4.78, 5) is 50.9. The van der Waals surface area contributed by atoms with E-state index in [1.807, 2.05) is 0 Å². The maximum atomic E-state index is 12.7. The zero-order valence-corrected chi connectivity index (χ0v) is 16.1. The van der Waals surface area contributed by atoms with Crippen molar-refractivity contribution in [1.82, 2.24) is 4.90 Å². The summed E-state index contributed by atoms with van der Waals surface area (Å²) in [7, 11) is 0. The van der Waals surface area contributed by atoms with E-state index in [-0.39, 0.29) is 35.5 Å². The second kappa shape index (κ2) is 7.20. The SMILES string of the molecule is C[C@H](C(=O)OCC(=O)Nc1ccc(Cl)cc1)N1C(=O)[C@H]2[C@H]3CC[C@@H](C3)[C@@H]2C1=O. The molecular weight excluding hydrogens is 384 g/mol. The zero-order valence-electron chi connectivity index (χ0n) is 15.4. The number of nitrogens with one attached hydrogen (secondary N) is 1. The Kier molecular flexibility index (Phi) is 4.87. The van der Waals surface area contributed by atoms with Crippen LogP contribution in [0.15, 0.2) is 24.3 Å². The molecule has 0 radical (unpaired) electrons. The molecule has 5 atom stereocenters. The highest BCUT2D eigenvalue weighted by Gasteiger charge is 2.62. The van der Waals surface area contributed by atoms with E-state index in [1.165, 1.54) is 6.92 Å². The number of imide groups is 1. The Labute approximate surface area is 167 Å². The Bertz CT molecular complexity index is 812. The third kappa shape index (κ3) is 3.17. The van der Waals surface area contributed by atoms with Crippen molar-refractivity contribution < 1.29 is 23.9 Å². The lowest BCUT2D eigenvalue weighted by Crippen LogP contribution is -2.45. The molecule has 1 saturated heterocycles. The Morgan fingerprint density at radius 2 is 1.71 bits per heavy atom. The highest BCUT2D eigenvalue weighted by molar-refractivity contribution is 6.30. The first-order valence-electron chi connectivity index (χ1n) is 9.45. The van der Waals surface area contributed by atoms with Gasteiger partial charge in [0.2, 0.25) is 11.8 Å². The van der Waals surface area contributed by atoms with Crippen LogP contribution in [0.3, 0.4) is 0 Å². The third-order valence-electron chi connectivity index (χ3n) is 6.16. The first-order valence-corrected chi connectivity index (χ1v) is 9.83. The summed E-state index contributed by atoms with van der Waals surface area (Å²) >= 11 is 5.79. The Balaban J connectivity index is 1.33. The van der Waals surface area contributed by atoms with Gasteiger partial charge in [0.1, 0.15) is 6.04 Å². The van der Waals surface area contributed by atoms with Gasteiger partial charge in [-0.1, -0.05) is 11.6 Å². The van der Waals surface area contributed by atoms with Crippen LogP contribution in [-0.4, -0.2) is 41.2 Å². The summed E-state index contributed by atoms with van der Waals surface area (Å²) in [6.07, 6.45) is 2.88. The monoisotopic (exact) mass is 404 g/mol. The Hall–Kier alpha value is -2.41. The molecule has 3 amide bonds. The minimum absolute atomic E-state index is 0.254. The van der Waals surface area contributed by atoms with Crippen molar-refractivity contribution in [3.63, 3.8) is 0 Å². The van der Waals surface area contributed by atoms with Gasteiger partial charge in [-0.3, -0.25) is 19.3 Å². The molecular formula is C20H21ClN2O5. The molecule has 28 heavy (non-hydrogen) atoms. The highest BCUT2D eigenvalue weighted by atomic mass is 35.5. The van der Waals surface area contributed by atoms with E-state index in [9.17, 15) is 19.2 Å². The maximum Gasteiger partial charge on any atom is 0.329 e. The fraction of sp³-hybridized carbons (Fsp3) is 0.500. The van der Waals surface area contributed by atoms with Crippen LogP contribution >= 0.6 is 11.6 Å². The number of hydrogen-bond donors (Lipinski definition) is 1. The average molecular weight is 405 g/mol. The van der Waals surface area contributed by atoms with Gasteiger partial charge in [-0.05, 0) is 62.3 Å². The number of fused-ring (bicyclic) bond motifs is 5. The second-order valence-corrected chi connectivity index (χ2v) is 8.21. The summed E-state index contributed by atoms with van der Waals surface area (Å²) in [5.41, 5.74) is 0.520. The summed E-state index contributed by atoms with van der Waals surface area (Å²) in [5, 5.41) is 3.12. The van der Waals surface area contributed by atoms with Crippen molar-refractivity contribution in [3.05, 3.63) is 29.3 Å². The lowest BCUT2D eigenvalue weighted by Gasteiger charge is -2.23. The van der Waals surface area contributed by atoms with Gasteiger partial charge in [0.15, 0.2) is 6.61 Å². The lowest BCUT2D eigenvalue weighted by atomic mass is 9.81. The summed E-state index contributed by atoms with van der Waals surface area (Å²) in [6.45, 7) is 0.971. The van der Waals surface area contributed by atoms with Crippen LogP contribution in [0.1, 0.15) is 26.2 Å². The van der Waals surface area contributed by atoms with Crippen LogP contribution in [0.5, 0.6) is 0 Å². The van der Waals surface area contributed by atoms with E-state index in [4.69, 9.17) is 16.3 Å². The summed E-state index contributed by atoms with van der Waals surface area (Å²) in [6, 6.07) is 5.46. The van der Waals surface area contributed by atoms with Gasteiger partial charge in [0, 0.05) is 10.7 Å². The molecule has 2 saturated carbocycles. The molecule has 1 aliphatic heterocycles. The number of likely N-dealkylation sites (tertiary alicyclic amines) is 1. The first kappa shape index (κ1) is 18.9. The molecule has 2 bridgehead atoms. The quantitative estimate of drug-likeness (QED) is 0.600. The fourth-order valence-electron chi connectivity index (χ4n) is 4.91. The number of ether oxygens (including phenoxy) is 1. The highest BCUT2D eigenvalue weighted by Crippen LogP contribution is 2.56. The largest absolute Gasteiger partial charge is 0.454 e. The predicted molar refractivity (Wildman–Crippen MR) is 100 cm³/mol. The van der Waals surface area contributed by atoms with Gasteiger partial charge in [-0.15, -0.1) is 0 Å². The van der Waals surface area contributed by atoms with Gasteiger partial charge in [0.05, 0.1) is 11.8 Å². The number of nitrogens with zero attached hydrogens (tertiary/aromatic N) is 1. The third-order valence-corrected chi connectivity index (χ3v) is 6.42. The number of esters is 1. The zero-order chi connectivity index (χ0) is 20.0. The van der Waals surface area contributed by atoms with Gasteiger partial charge >= 0.3 is 5.97 Å². The number of benzene rings is 1. The number of rotatable bonds is 5. The van der Waals surface area contributed by atoms with Crippen molar-refractivity contribution >= 4 is 41.0 Å². The van der Waals surface area contributed by atoms with Gasteiger partial charge < -0.3 is 10.1 Å². The topological polar surface area (TPSA) is 92.8 Å². The normalized spacial score (nSPS) is 29.0. The molecule has 2 aliphatic carbocycles. The van der Waals surface area contributed by atoms with E-state index < -0.39 is 24.5 Å². The van der Waals surface area contributed by atoms with E-state index in [0.29, 0.717) is 10.7 Å². The lowest BCUT2D eigenvalue weighted by molar-refractivity contribution is -0.159. The molecule has 0 spiro atoms. The Morgan fingerprint density at radius 3 is 2.29 bits per heavy atom. The number of anilines is 1. The van der Waals surface area contributed by atoms with E-state index in [0.717, 1.165) is 24.2 Å².